The molecule has 0 atom stereocenters. The average molecular weight is 375 g/mol. The van der Waals surface area contributed by atoms with Gasteiger partial charge in [0, 0.05) is 29.4 Å². The molecule has 1 aliphatic heterocycles. The third-order valence-corrected chi connectivity index (χ3v) is 4.57. The van der Waals surface area contributed by atoms with E-state index in [2.05, 4.69) is 38.1 Å². The molecule has 0 spiro atoms. The van der Waals surface area contributed by atoms with Gasteiger partial charge in [-0.2, -0.15) is 0 Å². The molecular formula is C17H19BrN4O. The van der Waals surface area contributed by atoms with Crippen molar-refractivity contribution in [3.05, 3.63) is 46.7 Å². The topological polar surface area (TPSA) is 58.1 Å². The smallest absolute Gasteiger partial charge is 0.272 e. The van der Waals surface area contributed by atoms with Gasteiger partial charge in [0.25, 0.3) is 5.91 Å². The summed E-state index contributed by atoms with van der Waals surface area (Å²) in [5.41, 5.74) is 1.32. The standard InChI is InChI=1S/C17H19BrN4O/c1-12-7-10-22(11-8-12)16(23)15-6-9-19-17(21-15)20-14-4-2-13(18)3-5-14/h2-6,9,12H,7-8,10-11H2,1H3,(H,19,20,21). The lowest BCUT2D eigenvalue weighted by Crippen LogP contribution is -2.38. The van der Waals surface area contributed by atoms with Crippen molar-refractivity contribution < 1.29 is 4.79 Å². The van der Waals surface area contributed by atoms with Crippen molar-refractivity contribution in [3.63, 3.8) is 0 Å². The number of hydrogen-bond donors (Lipinski definition) is 1. The van der Waals surface area contributed by atoms with Gasteiger partial charge in [-0.05, 0) is 49.1 Å². The van der Waals surface area contributed by atoms with Gasteiger partial charge >= 0.3 is 0 Å². The summed E-state index contributed by atoms with van der Waals surface area (Å²) in [5, 5.41) is 3.12. The molecule has 6 heteroatoms. The van der Waals surface area contributed by atoms with Crippen LogP contribution < -0.4 is 5.32 Å². The van der Waals surface area contributed by atoms with E-state index in [1.807, 2.05) is 29.2 Å². The quantitative estimate of drug-likeness (QED) is 0.885. The SMILES string of the molecule is CC1CCN(C(=O)c2ccnc(Nc3ccc(Br)cc3)n2)CC1. The monoisotopic (exact) mass is 374 g/mol. The molecule has 0 radical (unpaired) electrons. The number of piperidine rings is 1. The van der Waals surface area contributed by atoms with Crippen LogP contribution in [-0.4, -0.2) is 33.9 Å². The van der Waals surface area contributed by atoms with E-state index in [0.29, 0.717) is 17.6 Å². The van der Waals surface area contributed by atoms with Gasteiger partial charge in [-0.15, -0.1) is 0 Å². The number of anilines is 2. The normalized spacial score (nSPS) is 15.5. The number of halogens is 1. The summed E-state index contributed by atoms with van der Waals surface area (Å²) in [6.45, 7) is 3.84. The van der Waals surface area contributed by atoms with Crippen LogP contribution in [0.5, 0.6) is 0 Å². The summed E-state index contributed by atoms with van der Waals surface area (Å²) in [4.78, 5) is 23.0. The van der Waals surface area contributed by atoms with Crippen LogP contribution in [0.25, 0.3) is 0 Å². The van der Waals surface area contributed by atoms with Gasteiger partial charge in [-0.1, -0.05) is 22.9 Å². The first-order valence-electron chi connectivity index (χ1n) is 7.77. The van der Waals surface area contributed by atoms with Crippen molar-refractivity contribution in [1.82, 2.24) is 14.9 Å². The van der Waals surface area contributed by atoms with Crippen LogP contribution >= 0.6 is 15.9 Å². The molecule has 23 heavy (non-hydrogen) atoms. The summed E-state index contributed by atoms with van der Waals surface area (Å²) in [6, 6.07) is 9.40. The lowest BCUT2D eigenvalue weighted by atomic mass is 9.99. The summed E-state index contributed by atoms with van der Waals surface area (Å²) in [6.07, 6.45) is 3.73. The van der Waals surface area contributed by atoms with E-state index in [1.54, 1.807) is 12.3 Å². The minimum absolute atomic E-state index is 0.0156. The van der Waals surface area contributed by atoms with E-state index < -0.39 is 0 Å². The maximum atomic E-state index is 12.6. The van der Waals surface area contributed by atoms with Crippen molar-refractivity contribution in [3.8, 4) is 0 Å². The Morgan fingerprint density at radius 3 is 2.61 bits per heavy atom. The van der Waals surface area contributed by atoms with Crippen LogP contribution in [-0.2, 0) is 0 Å². The first-order valence-corrected chi connectivity index (χ1v) is 8.56. The maximum absolute atomic E-state index is 12.6. The fourth-order valence-electron chi connectivity index (χ4n) is 2.57. The van der Waals surface area contributed by atoms with Crippen molar-refractivity contribution >= 4 is 33.5 Å². The zero-order valence-corrected chi connectivity index (χ0v) is 14.6. The molecule has 1 fully saturated rings. The maximum Gasteiger partial charge on any atom is 0.272 e. The van der Waals surface area contributed by atoms with Gasteiger partial charge in [-0.25, -0.2) is 9.97 Å². The highest BCUT2D eigenvalue weighted by Crippen LogP contribution is 2.19. The molecule has 1 aliphatic rings. The highest BCUT2D eigenvalue weighted by molar-refractivity contribution is 9.10. The Labute approximate surface area is 144 Å². The van der Waals surface area contributed by atoms with Crippen LogP contribution in [0.15, 0.2) is 41.0 Å². The summed E-state index contributed by atoms with van der Waals surface area (Å²) >= 11 is 3.40. The molecule has 1 N–H and O–H groups in total. The molecular weight excluding hydrogens is 356 g/mol. The summed E-state index contributed by atoms with van der Waals surface area (Å²) < 4.78 is 1.01. The molecule has 5 nitrogen and oxygen atoms in total. The van der Waals surface area contributed by atoms with Gasteiger partial charge in [0.2, 0.25) is 5.95 Å². The third-order valence-electron chi connectivity index (χ3n) is 4.05. The van der Waals surface area contributed by atoms with Crippen LogP contribution in [0.4, 0.5) is 11.6 Å². The molecule has 2 aromatic rings. The van der Waals surface area contributed by atoms with Crippen molar-refractivity contribution in [2.24, 2.45) is 5.92 Å². The second kappa shape index (κ2) is 7.08. The van der Waals surface area contributed by atoms with Crippen LogP contribution in [0, 0.1) is 5.92 Å². The first-order chi connectivity index (χ1) is 11.1. The molecule has 0 saturated carbocycles. The van der Waals surface area contributed by atoms with E-state index in [1.165, 1.54) is 0 Å². The number of carbonyl (C=O) groups is 1. The van der Waals surface area contributed by atoms with E-state index >= 15 is 0 Å². The van der Waals surface area contributed by atoms with E-state index in [4.69, 9.17) is 0 Å². The van der Waals surface area contributed by atoms with Crippen LogP contribution in [0.2, 0.25) is 0 Å². The Bertz CT molecular complexity index is 681. The van der Waals surface area contributed by atoms with Gasteiger partial charge < -0.3 is 10.2 Å². The number of nitrogens with one attached hydrogen (secondary N) is 1. The number of likely N-dealkylation sites (tertiary alicyclic amines) is 1. The third kappa shape index (κ3) is 4.07. The van der Waals surface area contributed by atoms with E-state index in [9.17, 15) is 4.79 Å². The van der Waals surface area contributed by atoms with Crippen LogP contribution in [0.1, 0.15) is 30.3 Å². The number of aromatic nitrogens is 2. The fourth-order valence-corrected chi connectivity index (χ4v) is 2.84. The predicted octanol–water partition coefficient (Wildman–Crippen LogP) is 3.85. The number of amides is 1. The second-order valence-electron chi connectivity index (χ2n) is 5.87. The highest BCUT2D eigenvalue weighted by Gasteiger charge is 2.22. The lowest BCUT2D eigenvalue weighted by Gasteiger charge is -2.30. The van der Waals surface area contributed by atoms with Gasteiger partial charge in [0.05, 0.1) is 0 Å². The minimum atomic E-state index is -0.0156. The number of nitrogens with zero attached hydrogens (tertiary/aromatic N) is 3. The average Bonchev–Trinajstić information content (AvgIpc) is 2.57. The molecule has 1 saturated heterocycles. The fraction of sp³-hybridized carbons (Fsp3) is 0.353. The Hall–Kier alpha value is -1.95. The molecule has 3 rings (SSSR count). The van der Waals surface area contributed by atoms with Crippen molar-refractivity contribution in [2.75, 3.05) is 18.4 Å². The predicted molar refractivity (Wildman–Crippen MR) is 93.8 cm³/mol. The summed E-state index contributed by atoms with van der Waals surface area (Å²) in [7, 11) is 0. The number of rotatable bonds is 3. The molecule has 1 aromatic heterocycles. The lowest BCUT2D eigenvalue weighted by molar-refractivity contribution is 0.0691. The molecule has 0 unspecified atom stereocenters. The second-order valence-corrected chi connectivity index (χ2v) is 6.79. The van der Waals surface area contributed by atoms with Crippen LogP contribution in [0.3, 0.4) is 0 Å². The largest absolute Gasteiger partial charge is 0.337 e. The Morgan fingerprint density at radius 2 is 1.91 bits per heavy atom. The number of carbonyl (C=O) groups excluding carboxylic acids is 1. The molecule has 0 aliphatic carbocycles. The molecule has 120 valence electrons. The Morgan fingerprint density at radius 1 is 1.22 bits per heavy atom. The first kappa shape index (κ1) is 15.9. The van der Waals surface area contributed by atoms with Crippen molar-refractivity contribution in [2.45, 2.75) is 19.8 Å². The van der Waals surface area contributed by atoms with E-state index in [-0.39, 0.29) is 5.91 Å². The molecule has 1 aromatic carbocycles. The van der Waals surface area contributed by atoms with Crippen molar-refractivity contribution in [1.29, 1.82) is 0 Å². The molecule has 0 bridgehead atoms. The highest BCUT2D eigenvalue weighted by atomic mass is 79.9. The number of hydrogen-bond acceptors (Lipinski definition) is 4. The summed E-state index contributed by atoms with van der Waals surface area (Å²) in [5.74, 6) is 1.11. The van der Waals surface area contributed by atoms with Gasteiger partial charge in [-0.3, -0.25) is 4.79 Å². The minimum Gasteiger partial charge on any atom is -0.337 e. The Kier molecular flexibility index (Phi) is 4.91. The van der Waals surface area contributed by atoms with E-state index in [0.717, 1.165) is 36.1 Å². The zero-order valence-electron chi connectivity index (χ0n) is 13.0. The van der Waals surface area contributed by atoms with Gasteiger partial charge in [0.15, 0.2) is 0 Å². The molecule has 2 heterocycles. The zero-order chi connectivity index (χ0) is 16.2. The van der Waals surface area contributed by atoms with Gasteiger partial charge in [0.1, 0.15) is 5.69 Å². The Balaban J connectivity index is 1.71. The number of benzene rings is 1. The molecule has 1 amide bonds.